The van der Waals surface area contributed by atoms with Gasteiger partial charge in [-0.2, -0.15) is 0 Å². The number of hydrogen-bond donors (Lipinski definition) is 0. The lowest BCUT2D eigenvalue weighted by Gasteiger charge is -2.23. The first-order valence-corrected chi connectivity index (χ1v) is 7.97. The highest BCUT2D eigenvalue weighted by molar-refractivity contribution is 6.19. The highest BCUT2D eigenvalue weighted by Gasteiger charge is 2.16. The molecule has 1 aromatic rings. The Morgan fingerprint density at radius 2 is 1.90 bits per heavy atom. The van der Waals surface area contributed by atoms with E-state index in [0.29, 0.717) is 18.4 Å². The van der Waals surface area contributed by atoms with E-state index in [4.69, 9.17) is 16.3 Å². The lowest BCUT2D eigenvalue weighted by molar-refractivity contribution is 0.363. The number of allylic oxidation sites excluding steroid dienone is 1. The molecule has 20 heavy (non-hydrogen) atoms. The molecule has 2 rings (SSSR count). The molecule has 2 heteroatoms. The van der Waals surface area contributed by atoms with Crippen LogP contribution in [0.2, 0.25) is 0 Å². The Morgan fingerprint density at radius 1 is 1.20 bits per heavy atom. The molecule has 0 spiro atoms. The monoisotopic (exact) mass is 290 g/mol. The van der Waals surface area contributed by atoms with Crippen LogP contribution in [0, 0.1) is 5.92 Å². The smallest absolute Gasteiger partial charge is 0.119 e. The Balaban J connectivity index is 2.04. The third kappa shape index (κ3) is 4.42. The molecule has 1 saturated carbocycles. The molecule has 0 radical (unpaired) electrons. The van der Waals surface area contributed by atoms with Gasteiger partial charge in [-0.15, -0.1) is 11.6 Å². The molecule has 0 atom stereocenters. The van der Waals surface area contributed by atoms with Crippen molar-refractivity contribution in [3.63, 3.8) is 0 Å². The van der Waals surface area contributed by atoms with E-state index in [-0.39, 0.29) is 0 Å². The number of alkyl halides is 1. The summed E-state index contributed by atoms with van der Waals surface area (Å²) in [6.45, 7) is 4.19. The van der Waals surface area contributed by atoms with Crippen molar-refractivity contribution < 1.29 is 4.74 Å². The lowest BCUT2D eigenvalue weighted by atomic mass is 9.84. The molecular weight excluding hydrogens is 268 g/mol. The average Bonchev–Trinajstić information content (AvgIpc) is 2.52. The summed E-state index contributed by atoms with van der Waals surface area (Å²) in [5.41, 5.74) is 2.59. The fourth-order valence-electron chi connectivity index (χ4n) is 2.77. The maximum Gasteiger partial charge on any atom is 0.119 e. The van der Waals surface area contributed by atoms with Crippen LogP contribution in [0.3, 0.4) is 0 Å². The highest BCUT2D eigenvalue weighted by atomic mass is 35.5. The van der Waals surface area contributed by atoms with Crippen molar-refractivity contribution in [2.75, 3.05) is 12.5 Å². The second kappa shape index (κ2) is 8.16. The third-order valence-corrected chi connectivity index (χ3v) is 4.19. The van der Waals surface area contributed by atoms with E-state index in [9.17, 15) is 0 Å². The van der Waals surface area contributed by atoms with Gasteiger partial charge in [0.1, 0.15) is 12.4 Å². The first-order valence-electron chi connectivity index (χ1n) is 7.43. The highest BCUT2D eigenvalue weighted by Crippen LogP contribution is 2.31. The van der Waals surface area contributed by atoms with Crippen LogP contribution in [0.5, 0.6) is 5.75 Å². The number of halogens is 1. The Bertz CT molecular complexity index is 441. The topological polar surface area (TPSA) is 9.23 Å². The van der Waals surface area contributed by atoms with E-state index in [2.05, 4.69) is 24.8 Å². The van der Waals surface area contributed by atoms with Crippen LogP contribution in [-0.2, 0) is 0 Å². The van der Waals surface area contributed by atoms with E-state index in [0.717, 1.165) is 5.75 Å². The minimum atomic E-state index is 0.546. The molecule has 1 nitrogen and oxygen atoms in total. The Morgan fingerprint density at radius 3 is 2.50 bits per heavy atom. The van der Waals surface area contributed by atoms with Gasteiger partial charge in [0.05, 0.1) is 0 Å². The molecule has 0 N–H and O–H groups in total. The molecule has 1 aliphatic rings. The van der Waals surface area contributed by atoms with Crippen molar-refractivity contribution in [3.05, 3.63) is 48.1 Å². The summed E-state index contributed by atoms with van der Waals surface area (Å²) in [7, 11) is 0. The molecule has 0 aliphatic heterocycles. The zero-order valence-corrected chi connectivity index (χ0v) is 12.7. The minimum absolute atomic E-state index is 0.546. The molecule has 1 fully saturated rings. The summed E-state index contributed by atoms with van der Waals surface area (Å²) in [6, 6.07) is 8.19. The van der Waals surface area contributed by atoms with E-state index < -0.39 is 0 Å². The zero-order valence-electron chi connectivity index (χ0n) is 12.0. The molecule has 0 aromatic heterocycles. The number of rotatable bonds is 6. The van der Waals surface area contributed by atoms with E-state index >= 15 is 0 Å². The summed E-state index contributed by atoms with van der Waals surface area (Å²) in [4.78, 5) is 0. The van der Waals surface area contributed by atoms with Crippen molar-refractivity contribution in [1.82, 2.24) is 0 Å². The molecular formula is C18H23ClO. The Labute approximate surface area is 127 Å². The van der Waals surface area contributed by atoms with Crippen LogP contribution in [-0.4, -0.2) is 12.5 Å². The maximum atomic E-state index is 6.15. The van der Waals surface area contributed by atoms with Crippen LogP contribution >= 0.6 is 11.6 Å². The molecule has 0 saturated heterocycles. The van der Waals surface area contributed by atoms with Crippen LogP contribution in [0.25, 0.3) is 6.08 Å². The summed E-state index contributed by atoms with van der Waals surface area (Å²) in [6.07, 6.45) is 10.6. The van der Waals surface area contributed by atoms with Crippen molar-refractivity contribution in [3.8, 4) is 5.75 Å². The quantitative estimate of drug-likeness (QED) is 0.500. The first kappa shape index (κ1) is 15.2. The average molecular weight is 291 g/mol. The van der Waals surface area contributed by atoms with Gasteiger partial charge in [0.25, 0.3) is 0 Å². The zero-order chi connectivity index (χ0) is 14.2. The SMILES string of the molecule is C=CCOc1ccc(/C=C(/CCl)C2CCCCC2)cc1. The number of hydrogen-bond acceptors (Lipinski definition) is 1. The molecule has 108 valence electrons. The summed E-state index contributed by atoms with van der Waals surface area (Å²) in [5.74, 6) is 2.20. The normalized spacial score (nSPS) is 16.9. The maximum absolute atomic E-state index is 6.15. The van der Waals surface area contributed by atoms with E-state index in [1.165, 1.54) is 43.2 Å². The van der Waals surface area contributed by atoms with Crippen molar-refractivity contribution in [1.29, 1.82) is 0 Å². The fourth-order valence-corrected chi connectivity index (χ4v) is 3.06. The molecule has 0 unspecified atom stereocenters. The second-order valence-electron chi connectivity index (χ2n) is 5.36. The molecule has 1 aromatic carbocycles. The van der Waals surface area contributed by atoms with Gasteiger partial charge >= 0.3 is 0 Å². The fraction of sp³-hybridized carbons (Fsp3) is 0.444. The van der Waals surface area contributed by atoms with Gasteiger partial charge in [0.2, 0.25) is 0 Å². The predicted octanol–water partition coefficient (Wildman–Crippen LogP) is 5.45. The van der Waals surface area contributed by atoms with Gasteiger partial charge in [-0.05, 0) is 36.5 Å². The van der Waals surface area contributed by atoms with Gasteiger partial charge in [0.15, 0.2) is 0 Å². The summed E-state index contributed by atoms with van der Waals surface area (Å²) in [5, 5.41) is 0. The van der Waals surface area contributed by atoms with Crippen LogP contribution in [0.1, 0.15) is 37.7 Å². The van der Waals surface area contributed by atoms with E-state index in [1.807, 2.05) is 12.1 Å². The van der Waals surface area contributed by atoms with Crippen molar-refractivity contribution in [2.45, 2.75) is 32.1 Å². The molecule has 0 bridgehead atoms. The third-order valence-electron chi connectivity index (χ3n) is 3.88. The van der Waals surface area contributed by atoms with Gasteiger partial charge in [0, 0.05) is 5.88 Å². The van der Waals surface area contributed by atoms with Crippen molar-refractivity contribution >= 4 is 17.7 Å². The second-order valence-corrected chi connectivity index (χ2v) is 5.62. The largest absolute Gasteiger partial charge is 0.490 e. The number of benzene rings is 1. The van der Waals surface area contributed by atoms with Gasteiger partial charge < -0.3 is 4.74 Å². The number of ether oxygens (including phenoxy) is 1. The standard InChI is InChI=1S/C18H23ClO/c1-2-12-20-18-10-8-15(9-11-18)13-17(14-19)16-6-4-3-5-7-16/h2,8-11,13,16H,1,3-7,12,14H2/b17-13-. The van der Waals surface area contributed by atoms with E-state index in [1.54, 1.807) is 6.08 Å². The predicted molar refractivity (Wildman–Crippen MR) is 87.4 cm³/mol. The van der Waals surface area contributed by atoms with Gasteiger partial charge in [-0.1, -0.05) is 55.7 Å². The Kier molecular flexibility index (Phi) is 6.20. The molecule has 0 amide bonds. The lowest BCUT2D eigenvalue weighted by Crippen LogP contribution is -2.10. The molecule has 0 heterocycles. The van der Waals surface area contributed by atoms with Crippen LogP contribution in [0.4, 0.5) is 0 Å². The minimum Gasteiger partial charge on any atom is -0.490 e. The van der Waals surface area contributed by atoms with Crippen LogP contribution < -0.4 is 4.74 Å². The van der Waals surface area contributed by atoms with Crippen LogP contribution in [0.15, 0.2) is 42.5 Å². The summed E-state index contributed by atoms with van der Waals surface area (Å²) < 4.78 is 5.49. The molecule has 1 aliphatic carbocycles. The first-order chi connectivity index (χ1) is 9.83. The van der Waals surface area contributed by atoms with Gasteiger partial charge in [-0.25, -0.2) is 0 Å². The Hall–Kier alpha value is -1.21. The van der Waals surface area contributed by atoms with Gasteiger partial charge in [-0.3, -0.25) is 0 Å². The van der Waals surface area contributed by atoms with Crippen molar-refractivity contribution in [2.24, 2.45) is 5.92 Å². The summed E-state index contributed by atoms with van der Waals surface area (Å²) >= 11 is 6.15.